The van der Waals surface area contributed by atoms with Crippen LogP contribution in [-0.4, -0.2) is 32.2 Å². The van der Waals surface area contributed by atoms with Crippen molar-refractivity contribution in [1.82, 2.24) is 0 Å². The molecule has 0 spiro atoms. The Kier molecular flexibility index (Phi) is 4.46. The van der Waals surface area contributed by atoms with Gasteiger partial charge in [-0.3, -0.25) is 4.79 Å². The zero-order valence-electron chi connectivity index (χ0n) is 13.8. The average Bonchev–Trinajstić information content (AvgIpc) is 2.56. The number of anilines is 3. The van der Waals surface area contributed by atoms with Gasteiger partial charge in [-0.15, -0.1) is 0 Å². The molecule has 2 aromatic carbocycles. The predicted octanol–water partition coefficient (Wildman–Crippen LogP) is 2.50. The minimum absolute atomic E-state index is 0.000172. The number of nitrogens with two attached hydrogens (primary N) is 1. The molecule has 0 saturated carbocycles. The third-order valence-electron chi connectivity index (χ3n) is 3.84. The van der Waals surface area contributed by atoms with E-state index in [1.165, 1.54) is 0 Å². The first-order chi connectivity index (χ1) is 11.6. The van der Waals surface area contributed by atoms with E-state index in [1.807, 2.05) is 48.2 Å². The van der Waals surface area contributed by atoms with Crippen LogP contribution >= 0.6 is 0 Å². The molecule has 1 heterocycles. The first-order valence-electron chi connectivity index (χ1n) is 7.81. The SMILES string of the molecule is COc1ccccc1NC(=O)CN1CC(C)Oc2ccc(N)cc21. The molecular weight excluding hydrogens is 306 g/mol. The Morgan fingerprint density at radius 2 is 2.17 bits per heavy atom. The zero-order valence-corrected chi connectivity index (χ0v) is 13.8. The van der Waals surface area contributed by atoms with Crippen LogP contribution < -0.4 is 25.4 Å². The number of fused-ring (bicyclic) bond motifs is 1. The fraction of sp³-hybridized carbons (Fsp3) is 0.278. The predicted molar refractivity (Wildman–Crippen MR) is 94.8 cm³/mol. The van der Waals surface area contributed by atoms with Gasteiger partial charge >= 0.3 is 0 Å². The number of methoxy groups -OCH3 is 1. The Bertz CT molecular complexity index is 748. The molecule has 1 aliphatic rings. The largest absolute Gasteiger partial charge is 0.495 e. The van der Waals surface area contributed by atoms with Gasteiger partial charge in [0.1, 0.15) is 17.6 Å². The van der Waals surface area contributed by atoms with Crippen molar-refractivity contribution >= 4 is 23.0 Å². The molecular formula is C18H21N3O3. The molecule has 3 N–H and O–H groups in total. The van der Waals surface area contributed by atoms with Crippen LogP contribution in [0.15, 0.2) is 42.5 Å². The van der Waals surface area contributed by atoms with Gasteiger partial charge in [-0.25, -0.2) is 0 Å². The summed E-state index contributed by atoms with van der Waals surface area (Å²) in [4.78, 5) is 14.4. The number of benzene rings is 2. The van der Waals surface area contributed by atoms with Crippen molar-refractivity contribution in [3.63, 3.8) is 0 Å². The van der Waals surface area contributed by atoms with Gasteiger partial charge in [-0.1, -0.05) is 12.1 Å². The van der Waals surface area contributed by atoms with Gasteiger partial charge in [-0.2, -0.15) is 0 Å². The fourth-order valence-electron chi connectivity index (χ4n) is 2.80. The van der Waals surface area contributed by atoms with Crippen LogP contribution in [0.4, 0.5) is 17.1 Å². The van der Waals surface area contributed by atoms with E-state index < -0.39 is 0 Å². The number of ether oxygens (including phenoxy) is 2. The second-order valence-corrected chi connectivity index (χ2v) is 5.78. The van der Waals surface area contributed by atoms with Gasteiger partial charge in [0.2, 0.25) is 5.91 Å². The number of carbonyl (C=O) groups is 1. The fourth-order valence-corrected chi connectivity index (χ4v) is 2.80. The maximum absolute atomic E-state index is 12.5. The molecule has 6 nitrogen and oxygen atoms in total. The molecule has 0 aliphatic carbocycles. The van der Waals surface area contributed by atoms with Crippen LogP contribution in [0.2, 0.25) is 0 Å². The number of para-hydroxylation sites is 2. The highest BCUT2D eigenvalue weighted by Gasteiger charge is 2.25. The van der Waals surface area contributed by atoms with Crippen molar-refractivity contribution in [2.45, 2.75) is 13.0 Å². The molecule has 126 valence electrons. The molecule has 1 amide bonds. The molecule has 1 aliphatic heterocycles. The van der Waals surface area contributed by atoms with Crippen molar-refractivity contribution in [2.75, 3.05) is 36.1 Å². The quantitative estimate of drug-likeness (QED) is 0.844. The van der Waals surface area contributed by atoms with Crippen molar-refractivity contribution in [3.8, 4) is 11.5 Å². The van der Waals surface area contributed by atoms with Crippen LogP contribution in [-0.2, 0) is 4.79 Å². The van der Waals surface area contributed by atoms with Crippen LogP contribution in [0.25, 0.3) is 0 Å². The molecule has 3 rings (SSSR count). The highest BCUT2D eigenvalue weighted by molar-refractivity contribution is 5.95. The molecule has 0 aromatic heterocycles. The lowest BCUT2D eigenvalue weighted by atomic mass is 10.1. The second-order valence-electron chi connectivity index (χ2n) is 5.78. The monoisotopic (exact) mass is 327 g/mol. The van der Waals surface area contributed by atoms with E-state index in [-0.39, 0.29) is 18.6 Å². The average molecular weight is 327 g/mol. The van der Waals surface area contributed by atoms with E-state index in [2.05, 4.69) is 5.32 Å². The standard InChI is InChI=1S/C18H21N3O3/c1-12-10-21(15-9-13(19)7-8-17(15)24-12)11-18(22)20-14-5-3-4-6-16(14)23-2/h3-9,12H,10-11,19H2,1-2H3,(H,20,22). The van der Waals surface area contributed by atoms with Crippen molar-refractivity contribution in [1.29, 1.82) is 0 Å². The van der Waals surface area contributed by atoms with E-state index in [0.717, 1.165) is 11.4 Å². The third-order valence-corrected chi connectivity index (χ3v) is 3.84. The maximum atomic E-state index is 12.5. The summed E-state index contributed by atoms with van der Waals surface area (Å²) in [5, 5.41) is 2.89. The highest BCUT2D eigenvalue weighted by Crippen LogP contribution is 2.35. The topological polar surface area (TPSA) is 76.8 Å². The molecule has 0 radical (unpaired) electrons. The van der Waals surface area contributed by atoms with E-state index in [1.54, 1.807) is 13.2 Å². The van der Waals surface area contributed by atoms with E-state index in [0.29, 0.717) is 23.7 Å². The summed E-state index contributed by atoms with van der Waals surface area (Å²) in [5.74, 6) is 1.25. The number of nitrogens with one attached hydrogen (secondary N) is 1. The summed E-state index contributed by atoms with van der Waals surface area (Å²) in [6.45, 7) is 2.81. The van der Waals surface area contributed by atoms with Gasteiger partial charge in [0, 0.05) is 5.69 Å². The summed E-state index contributed by atoms with van der Waals surface area (Å²) in [6, 6.07) is 12.8. The summed E-state index contributed by atoms with van der Waals surface area (Å²) >= 11 is 0. The second kappa shape index (κ2) is 6.70. The first-order valence-corrected chi connectivity index (χ1v) is 7.81. The van der Waals surface area contributed by atoms with Crippen molar-refractivity contribution in [2.24, 2.45) is 0 Å². The minimum atomic E-state index is -0.123. The molecule has 6 heteroatoms. The maximum Gasteiger partial charge on any atom is 0.243 e. The Labute approximate surface area is 141 Å². The minimum Gasteiger partial charge on any atom is -0.495 e. The lowest BCUT2D eigenvalue weighted by Crippen LogP contribution is -2.42. The Morgan fingerprint density at radius 1 is 1.38 bits per heavy atom. The lowest BCUT2D eigenvalue weighted by molar-refractivity contribution is -0.115. The lowest BCUT2D eigenvalue weighted by Gasteiger charge is -2.34. The number of carbonyl (C=O) groups excluding carboxylic acids is 1. The van der Waals surface area contributed by atoms with E-state index >= 15 is 0 Å². The van der Waals surface area contributed by atoms with Crippen LogP contribution in [0.5, 0.6) is 11.5 Å². The molecule has 1 unspecified atom stereocenters. The van der Waals surface area contributed by atoms with E-state index in [9.17, 15) is 4.79 Å². The molecule has 0 fully saturated rings. The van der Waals surface area contributed by atoms with Gasteiger partial charge in [-0.05, 0) is 37.3 Å². The summed E-state index contributed by atoms with van der Waals surface area (Å²) in [6.07, 6.45) is 0.000172. The molecule has 24 heavy (non-hydrogen) atoms. The van der Waals surface area contributed by atoms with Gasteiger partial charge in [0.25, 0.3) is 0 Å². The summed E-state index contributed by atoms with van der Waals surface area (Å²) in [5.41, 5.74) is 8.00. The molecule has 1 atom stereocenters. The molecule has 0 saturated heterocycles. The molecule has 2 aromatic rings. The summed E-state index contributed by atoms with van der Waals surface area (Å²) in [7, 11) is 1.58. The number of amides is 1. The number of hydrogen-bond donors (Lipinski definition) is 2. The first kappa shape index (κ1) is 16.0. The number of hydrogen-bond acceptors (Lipinski definition) is 5. The number of rotatable bonds is 4. The Morgan fingerprint density at radius 3 is 2.96 bits per heavy atom. The van der Waals surface area contributed by atoms with Crippen molar-refractivity contribution < 1.29 is 14.3 Å². The van der Waals surface area contributed by atoms with E-state index in [4.69, 9.17) is 15.2 Å². The third kappa shape index (κ3) is 3.37. The smallest absolute Gasteiger partial charge is 0.243 e. The van der Waals surface area contributed by atoms with Crippen LogP contribution in [0.1, 0.15) is 6.92 Å². The van der Waals surface area contributed by atoms with Gasteiger partial charge < -0.3 is 25.4 Å². The normalized spacial score (nSPS) is 16.1. The summed E-state index contributed by atoms with van der Waals surface area (Å²) < 4.78 is 11.1. The van der Waals surface area contributed by atoms with Crippen LogP contribution in [0, 0.1) is 0 Å². The zero-order chi connectivity index (χ0) is 17.1. The highest BCUT2D eigenvalue weighted by atomic mass is 16.5. The molecule has 0 bridgehead atoms. The number of nitrogens with zero attached hydrogens (tertiary/aromatic N) is 1. The Balaban J connectivity index is 1.76. The van der Waals surface area contributed by atoms with Gasteiger partial charge in [0.15, 0.2) is 0 Å². The Hall–Kier alpha value is -2.89. The van der Waals surface area contributed by atoms with Crippen LogP contribution in [0.3, 0.4) is 0 Å². The number of nitrogen functional groups attached to an aromatic ring is 1. The van der Waals surface area contributed by atoms with Gasteiger partial charge in [0.05, 0.1) is 31.6 Å². The van der Waals surface area contributed by atoms with Crippen molar-refractivity contribution in [3.05, 3.63) is 42.5 Å².